The van der Waals surface area contributed by atoms with E-state index in [2.05, 4.69) is 0 Å². The second-order valence-electron chi connectivity index (χ2n) is 2.94. The zero-order chi connectivity index (χ0) is 10.3. The quantitative estimate of drug-likeness (QED) is 0.729. The standard InChI is InChI=1S/C9H7NO4/c1-10-3-5(4-11)8-6(10)2-7(14-8)9(12)13/h2-4H,1H3,(H,12,13). The Morgan fingerprint density at radius 1 is 1.64 bits per heavy atom. The number of aryl methyl sites for hydroxylation is 1. The first-order valence-electron chi connectivity index (χ1n) is 3.91. The van der Waals surface area contributed by atoms with E-state index in [-0.39, 0.29) is 5.76 Å². The first-order chi connectivity index (χ1) is 6.63. The summed E-state index contributed by atoms with van der Waals surface area (Å²) in [6.45, 7) is 0. The summed E-state index contributed by atoms with van der Waals surface area (Å²) in [5.74, 6) is -1.30. The molecule has 0 aliphatic carbocycles. The molecule has 0 radical (unpaired) electrons. The number of fused-ring (bicyclic) bond motifs is 1. The highest BCUT2D eigenvalue weighted by atomic mass is 16.4. The molecule has 0 saturated carbocycles. The Balaban J connectivity index is 2.76. The highest BCUT2D eigenvalue weighted by Gasteiger charge is 2.15. The van der Waals surface area contributed by atoms with E-state index in [1.165, 1.54) is 6.07 Å². The molecule has 0 bridgehead atoms. The van der Waals surface area contributed by atoms with Gasteiger partial charge in [0.2, 0.25) is 5.76 Å². The van der Waals surface area contributed by atoms with Gasteiger partial charge in [-0.1, -0.05) is 0 Å². The van der Waals surface area contributed by atoms with Crippen LogP contribution in [-0.4, -0.2) is 21.9 Å². The largest absolute Gasteiger partial charge is 0.475 e. The average molecular weight is 193 g/mol. The molecule has 5 heteroatoms. The van der Waals surface area contributed by atoms with Gasteiger partial charge in [0.05, 0.1) is 11.1 Å². The molecule has 0 saturated heterocycles. The predicted molar refractivity (Wildman–Crippen MR) is 47.5 cm³/mol. The topological polar surface area (TPSA) is 72.4 Å². The fraction of sp³-hybridized carbons (Fsp3) is 0.111. The normalized spacial score (nSPS) is 10.6. The molecule has 2 rings (SSSR count). The van der Waals surface area contributed by atoms with E-state index in [1.54, 1.807) is 17.8 Å². The fourth-order valence-electron chi connectivity index (χ4n) is 1.38. The number of aromatic carboxylic acids is 1. The van der Waals surface area contributed by atoms with E-state index in [9.17, 15) is 9.59 Å². The minimum absolute atomic E-state index is 0.158. The third-order valence-electron chi connectivity index (χ3n) is 2.03. The Hall–Kier alpha value is -2.04. The van der Waals surface area contributed by atoms with Gasteiger partial charge >= 0.3 is 5.97 Å². The van der Waals surface area contributed by atoms with Crippen LogP contribution in [0.5, 0.6) is 0 Å². The van der Waals surface area contributed by atoms with Gasteiger partial charge < -0.3 is 14.1 Å². The summed E-state index contributed by atoms with van der Waals surface area (Å²) in [6.07, 6.45) is 2.23. The van der Waals surface area contributed by atoms with Crippen LogP contribution in [0.25, 0.3) is 11.1 Å². The van der Waals surface area contributed by atoms with Crippen molar-refractivity contribution in [1.82, 2.24) is 4.57 Å². The number of carbonyl (C=O) groups is 2. The Morgan fingerprint density at radius 3 is 2.93 bits per heavy atom. The van der Waals surface area contributed by atoms with Crippen LogP contribution in [0.15, 0.2) is 16.7 Å². The van der Waals surface area contributed by atoms with Gasteiger partial charge in [0.1, 0.15) is 0 Å². The molecular formula is C9H7NO4. The van der Waals surface area contributed by atoms with Crippen molar-refractivity contribution in [1.29, 1.82) is 0 Å². The van der Waals surface area contributed by atoms with Gasteiger partial charge in [-0.2, -0.15) is 0 Å². The van der Waals surface area contributed by atoms with Crippen molar-refractivity contribution in [3.63, 3.8) is 0 Å². The Morgan fingerprint density at radius 2 is 2.36 bits per heavy atom. The number of furan rings is 1. The van der Waals surface area contributed by atoms with Crippen molar-refractivity contribution < 1.29 is 19.1 Å². The fourth-order valence-corrected chi connectivity index (χ4v) is 1.38. The molecule has 2 heterocycles. The van der Waals surface area contributed by atoms with Crippen molar-refractivity contribution >= 4 is 23.4 Å². The van der Waals surface area contributed by atoms with Crippen LogP contribution in [0.4, 0.5) is 0 Å². The van der Waals surface area contributed by atoms with Crippen LogP contribution >= 0.6 is 0 Å². The van der Waals surface area contributed by atoms with E-state index < -0.39 is 5.97 Å². The molecular weight excluding hydrogens is 186 g/mol. The summed E-state index contributed by atoms with van der Waals surface area (Å²) in [5, 5.41) is 8.67. The smallest absolute Gasteiger partial charge is 0.371 e. The maximum absolute atomic E-state index is 10.6. The number of hydrogen-bond acceptors (Lipinski definition) is 3. The van der Waals surface area contributed by atoms with Crippen molar-refractivity contribution in [3.8, 4) is 0 Å². The number of nitrogens with zero attached hydrogens (tertiary/aromatic N) is 1. The molecule has 0 spiro atoms. The molecule has 0 aliphatic rings. The molecule has 14 heavy (non-hydrogen) atoms. The van der Waals surface area contributed by atoms with Crippen molar-refractivity contribution in [2.75, 3.05) is 0 Å². The zero-order valence-electron chi connectivity index (χ0n) is 7.35. The lowest BCUT2D eigenvalue weighted by Gasteiger charge is -1.87. The second kappa shape index (κ2) is 2.73. The predicted octanol–water partition coefficient (Wildman–Crippen LogP) is 1.28. The summed E-state index contributed by atoms with van der Waals surface area (Å²) in [7, 11) is 1.72. The number of aldehydes is 1. The number of carboxylic acid groups (broad SMARTS) is 1. The highest BCUT2D eigenvalue weighted by molar-refractivity contribution is 5.98. The first kappa shape index (κ1) is 8.55. The van der Waals surface area contributed by atoms with Crippen LogP contribution < -0.4 is 0 Å². The molecule has 72 valence electrons. The number of rotatable bonds is 2. The second-order valence-corrected chi connectivity index (χ2v) is 2.94. The van der Waals surface area contributed by atoms with Gasteiger partial charge in [0, 0.05) is 19.3 Å². The van der Waals surface area contributed by atoms with Crippen molar-refractivity contribution in [2.24, 2.45) is 7.05 Å². The molecule has 5 nitrogen and oxygen atoms in total. The SMILES string of the molecule is Cn1cc(C=O)c2oc(C(=O)O)cc21. The van der Waals surface area contributed by atoms with Gasteiger partial charge in [-0.3, -0.25) is 4.79 Å². The molecule has 0 unspecified atom stereocenters. The number of carboxylic acids is 1. The third-order valence-corrected chi connectivity index (χ3v) is 2.03. The van der Waals surface area contributed by atoms with Crippen molar-refractivity contribution in [3.05, 3.63) is 23.6 Å². The lowest BCUT2D eigenvalue weighted by molar-refractivity contribution is 0.0664. The maximum atomic E-state index is 10.6. The molecule has 0 atom stereocenters. The lowest BCUT2D eigenvalue weighted by atomic mass is 10.3. The molecule has 0 fully saturated rings. The summed E-state index contributed by atoms with van der Waals surface area (Å²) in [6, 6.07) is 1.39. The summed E-state index contributed by atoms with van der Waals surface area (Å²) in [4.78, 5) is 21.2. The first-order valence-corrected chi connectivity index (χ1v) is 3.91. The zero-order valence-corrected chi connectivity index (χ0v) is 7.35. The Labute approximate surface area is 78.5 Å². The maximum Gasteiger partial charge on any atom is 0.371 e. The Kier molecular flexibility index (Phi) is 1.67. The van der Waals surface area contributed by atoms with Gasteiger partial charge in [-0.05, 0) is 0 Å². The van der Waals surface area contributed by atoms with E-state index in [4.69, 9.17) is 9.52 Å². The van der Waals surface area contributed by atoms with Crippen LogP contribution in [0.1, 0.15) is 20.9 Å². The molecule has 2 aromatic rings. The van der Waals surface area contributed by atoms with E-state index in [1.807, 2.05) is 0 Å². The molecule has 1 N–H and O–H groups in total. The van der Waals surface area contributed by atoms with Gasteiger partial charge in [0.15, 0.2) is 11.9 Å². The molecule has 0 amide bonds. The molecule has 2 aromatic heterocycles. The van der Waals surface area contributed by atoms with Crippen LogP contribution in [-0.2, 0) is 7.05 Å². The van der Waals surface area contributed by atoms with E-state index in [0.29, 0.717) is 22.9 Å². The number of carbonyl (C=O) groups excluding carboxylic acids is 1. The third kappa shape index (κ3) is 1.02. The summed E-state index contributed by atoms with van der Waals surface area (Å²) in [5.41, 5.74) is 1.28. The van der Waals surface area contributed by atoms with E-state index in [0.717, 1.165) is 0 Å². The lowest BCUT2D eigenvalue weighted by Crippen LogP contribution is -1.92. The summed E-state index contributed by atoms with van der Waals surface area (Å²) >= 11 is 0. The minimum atomic E-state index is -1.14. The van der Waals surface area contributed by atoms with Crippen LogP contribution in [0.2, 0.25) is 0 Å². The minimum Gasteiger partial charge on any atom is -0.475 e. The Bertz CT molecular complexity index is 520. The monoisotopic (exact) mass is 193 g/mol. The van der Waals surface area contributed by atoms with Crippen molar-refractivity contribution in [2.45, 2.75) is 0 Å². The number of hydrogen-bond donors (Lipinski definition) is 1. The van der Waals surface area contributed by atoms with Gasteiger partial charge in [0.25, 0.3) is 0 Å². The van der Waals surface area contributed by atoms with Crippen LogP contribution in [0, 0.1) is 0 Å². The molecule has 0 aromatic carbocycles. The average Bonchev–Trinajstić information content (AvgIpc) is 2.66. The highest BCUT2D eigenvalue weighted by Crippen LogP contribution is 2.23. The molecule has 0 aliphatic heterocycles. The van der Waals surface area contributed by atoms with Gasteiger partial charge in [-0.15, -0.1) is 0 Å². The number of aromatic nitrogens is 1. The van der Waals surface area contributed by atoms with E-state index >= 15 is 0 Å². The van der Waals surface area contributed by atoms with Gasteiger partial charge in [-0.25, -0.2) is 4.79 Å². The summed E-state index contributed by atoms with van der Waals surface area (Å²) < 4.78 is 6.67. The van der Waals surface area contributed by atoms with Crippen LogP contribution in [0.3, 0.4) is 0 Å².